The summed E-state index contributed by atoms with van der Waals surface area (Å²) in [6, 6.07) is 0. The third-order valence-electron chi connectivity index (χ3n) is 4.14. The second-order valence-electron chi connectivity index (χ2n) is 5.20. The Hall–Kier alpha value is -0.220. The lowest BCUT2D eigenvalue weighted by atomic mass is 9.84. The van der Waals surface area contributed by atoms with E-state index in [-0.39, 0.29) is 11.8 Å². The number of carbonyl (C=O) groups is 1. The molecular weight excluding hydrogens is 220 g/mol. The second-order valence-corrected chi connectivity index (χ2v) is 6.47. The predicted molar refractivity (Wildman–Crippen MR) is 68.6 cm³/mol. The van der Waals surface area contributed by atoms with Crippen molar-refractivity contribution in [1.29, 1.82) is 0 Å². The number of rotatable bonds is 4. The van der Waals surface area contributed by atoms with Crippen molar-refractivity contribution >= 4 is 17.7 Å². The summed E-state index contributed by atoms with van der Waals surface area (Å²) in [5, 5.41) is 6.43. The fraction of sp³-hybridized carbons (Fsp3) is 0.917. The van der Waals surface area contributed by atoms with Gasteiger partial charge in [0, 0.05) is 17.8 Å². The van der Waals surface area contributed by atoms with Gasteiger partial charge < -0.3 is 10.6 Å². The van der Waals surface area contributed by atoms with Gasteiger partial charge in [-0.25, -0.2) is 0 Å². The molecule has 2 unspecified atom stereocenters. The van der Waals surface area contributed by atoms with Gasteiger partial charge in [-0.05, 0) is 31.6 Å². The van der Waals surface area contributed by atoms with Gasteiger partial charge in [0.2, 0.25) is 5.91 Å². The molecule has 3 nitrogen and oxygen atoms in total. The first-order valence-corrected chi connectivity index (χ1v) is 7.43. The van der Waals surface area contributed by atoms with E-state index in [1.807, 2.05) is 11.8 Å². The van der Waals surface area contributed by atoms with Crippen molar-refractivity contribution in [2.45, 2.75) is 30.9 Å². The molecule has 0 aromatic heterocycles. The van der Waals surface area contributed by atoms with Gasteiger partial charge in [-0.2, -0.15) is 11.8 Å². The average molecular weight is 242 g/mol. The van der Waals surface area contributed by atoms with Crippen LogP contribution in [0.2, 0.25) is 0 Å². The molecule has 2 rings (SSSR count). The summed E-state index contributed by atoms with van der Waals surface area (Å²) in [4.78, 5) is 12.0. The smallest absolute Gasteiger partial charge is 0.224 e. The van der Waals surface area contributed by atoms with E-state index in [2.05, 4.69) is 23.8 Å². The zero-order valence-corrected chi connectivity index (χ0v) is 11.0. The standard InChI is InChI=1S/C12H22N2OS/c1-9-6-13-7-10(9)11(15)14-8-12(16-2)4-3-5-12/h9-10,13H,3-8H2,1-2H3,(H,14,15). The average Bonchev–Trinajstić information content (AvgIpc) is 2.63. The molecule has 0 radical (unpaired) electrons. The van der Waals surface area contributed by atoms with Gasteiger partial charge in [0.25, 0.3) is 0 Å². The molecule has 1 aliphatic heterocycles. The predicted octanol–water partition coefficient (Wildman–Crippen LogP) is 1.24. The van der Waals surface area contributed by atoms with Crippen molar-refractivity contribution in [3.8, 4) is 0 Å². The van der Waals surface area contributed by atoms with Gasteiger partial charge in [0.1, 0.15) is 0 Å². The molecule has 0 aromatic rings. The number of hydrogen-bond donors (Lipinski definition) is 2. The van der Waals surface area contributed by atoms with E-state index < -0.39 is 0 Å². The van der Waals surface area contributed by atoms with Crippen LogP contribution in [-0.4, -0.2) is 36.5 Å². The molecule has 0 bridgehead atoms. The fourth-order valence-corrected chi connectivity index (χ4v) is 3.48. The molecule has 92 valence electrons. The minimum absolute atomic E-state index is 0.180. The highest BCUT2D eigenvalue weighted by molar-refractivity contribution is 8.00. The Morgan fingerprint density at radius 1 is 1.50 bits per heavy atom. The third-order valence-corrected chi connectivity index (χ3v) is 5.56. The molecule has 2 aliphatic rings. The summed E-state index contributed by atoms with van der Waals surface area (Å²) in [5.41, 5.74) is 0. The molecule has 4 heteroatoms. The Morgan fingerprint density at radius 2 is 2.25 bits per heavy atom. The van der Waals surface area contributed by atoms with Crippen LogP contribution in [0.15, 0.2) is 0 Å². The summed E-state index contributed by atoms with van der Waals surface area (Å²) < 4.78 is 0.352. The lowest BCUT2D eigenvalue weighted by molar-refractivity contribution is -0.125. The van der Waals surface area contributed by atoms with E-state index in [1.165, 1.54) is 19.3 Å². The molecule has 1 saturated carbocycles. The molecule has 1 saturated heterocycles. The Morgan fingerprint density at radius 3 is 2.69 bits per heavy atom. The van der Waals surface area contributed by atoms with Gasteiger partial charge in [-0.1, -0.05) is 13.3 Å². The van der Waals surface area contributed by atoms with Gasteiger partial charge in [0.05, 0.1) is 5.92 Å². The van der Waals surface area contributed by atoms with E-state index >= 15 is 0 Å². The Kier molecular flexibility index (Phi) is 3.80. The molecule has 1 amide bonds. The summed E-state index contributed by atoms with van der Waals surface area (Å²) in [6.45, 7) is 4.83. The highest BCUT2D eigenvalue weighted by Crippen LogP contribution is 2.42. The molecule has 2 atom stereocenters. The first-order valence-electron chi connectivity index (χ1n) is 6.20. The molecule has 16 heavy (non-hydrogen) atoms. The van der Waals surface area contributed by atoms with Crippen molar-refractivity contribution in [3.05, 3.63) is 0 Å². The van der Waals surface area contributed by atoms with Gasteiger partial charge in [-0.15, -0.1) is 0 Å². The molecule has 2 N–H and O–H groups in total. The fourth-order valence-electron chi connectivity index (χ4n) is 2.56. The summed E-state index contributed by atoms with van der Waals surface area (Å²) in [6.07, 6.45) is 5.99. The first-order chi connectivity index (χ1) is 7.67. The minimum Gasteiger partial charge on any atom is -0.354 e. The number of amides is 1. The van der Waals surface area contributed by atoms with Gasteiger partial charge in [-0.3, -0.25) is 4.79 Å². The summed E-state index contributed by atoms with van der Waals surface area (Å²) in [5.74, 6) is 0.906. The maximum Gasteiger partial charge on any atom is 0.224 e. The van der Waals surface area contributed by atoms with E-state index in [1.54, 1.807) is 0 Å². The minimum atomic E-state index is 0.180. The van der Waals surface area contributed by atoms with Crippen LogP contribution in [0.25, 0.3) is 0 Å². The van der Waals surface area contributed by atoms with Crippen molar-refractivity contribution in [2.24, 2.45) is 11.8 Å². The first kappa shape index (κ1) is 12.2. The summed E-state index contributed by atoms with van der Waals surface area (Å²) in [7, 11) is 0. The highest BCUT2D eigenvalue weighted by Gasteiger charge is 2.37. The van der Waals surface area contributed by atoms with Crippen LogP contribution in [0.1, 0.15) is 26.2 Å². The molecular formula is C12H22N2OS. The Labute approximate surface area is 102 Å². The SMILES string of the molecule is CSC1(CNC(=O)C2CNCC2C)CCC1. The lowest BCUT2D eigenvalue weighted by Crippen LogP contribution is -2.47. The zero-order chi connectivity index (χ0) is 11.6. The van der Waals surface area contributed by atoms with Crippen molar-refractivity contribution in [2.75, 3.05) is 25.9 Å². The lowest BCUT2D eigenvalue weighted by Gasteiger charge is -2.40. The quantitative estimate of drug-likeness (QED) is 0.779. The normalized spacial score (nSPS) is 32.1. The van der Waals surface area contributed by atoms with Crippen LogP contribution in [0.4, 0.5) is 0 Å². The molecule has 1 heterocycles. The van der Waals surface area contributed by atoms with Crippen LogP contribution in [-0.2, 0) is 4.79 Å². The molecule has 1 aliphatic carbocycles. The van der Waals surface area contributed by atoms with Crippen molar-refractivity contribution < 1.29 is 4.79 Å². The van der Waals surface area contributed by atoms with Crippen LogP contribution >= 0.6 is 11.8 Å². The monoisotopic (exact) mass is 242 g/mol. The van der Waals surface area contributed by atoms with E-state index in [9.17, 15) is 4.79 Å². The van der Waals surface area contributed by atoms with E-state index in [0.717, 1.165) is 19.6 Å². The number of hydrogen-bond acceptors (Lipinski definition) is 3. The van der Waals surface area contributed by atoms with Crippen LogP contribution in [0.5, 0.6) is 0 Å². The van der Waals surface area contributed by atoms with Gasteiger partial charge in [0.15, 0.2) is 0 Å². The van der Waals surface area contributed by atoms with Gasteiger partial charge >= 0.3 is 0 Å². The largest absolute Gasteiger partial charge is 0.354 e. The molecule has 0 aromatic carbocycles. The highest BCUT2D eigenvalue weighted by atomic mass is 32.2. The third kappa shape index (κ3) is 2.38. The topological polar surface area (TPSA) is 41.1 Å². The van der Waals surface area contributed by atoms with Crippen molar-refractivity contribution in [1.82, 2.24) is 10.6 Å². The zero-order valence-electron chi connectivity index (χ0n) is 10.2. The number of nitrogens with one attached hydrogen (secondary N) is 2. The van der Waals surface area contributed by atoms with E-state index in [0.29, 0.717) is 10.7 Å². The number of carbonyl (C=O) groups excluding carboxylic acids is 1. The number of thioether (sulfide) groups is 1. The maximum absolute atomic E-state index is 12.0. The summed E-state index contributed by atoms with van der Waals surface area (Å²) >= 11 is 1.91. The van der Waals surface area contributed by atoms with Crippen LogP contribution < -0.4 is 10.6 Å². The molecule has 2 fully saturated rings. The maximum atomic E-state index is 12.0. The Balaban J connectivity index is 1.79. The van der Waals surface area contributed by atoms with Crippen molar-refractivity contribution in [3.63, 3.8) is 0 Å². The van der Waals surface area contributed by atoms with E-state index in [4.69, 9.17) is 0 Å². The second kappa shape index (κ2) is 4.96. The Bertz CT molecular complexity index is 260. The van der Waals surface area contributed by atoms with Crippen LogP contribution in [0, 0.1) is 11.8 Å². The van der Waals surface area contributed by atoms with Crippen LogP contribution in [0.3, 0.4) is 0 Å². The molecule has 0 spiro atoms.